The van der Waals surface area contributed by atoms with Crippen LogP contribution >= 0.6 is 0 Å². The van der Waals surface area contributed by atoms with Gasteiger partial charge in [-0.15, -0.1) is 0 Å². The number of Topliss-reactive ketones (excluding diaryl/α,β-unsaturated/α-hetero) is 1. The van der Waals surface area contributed by atoms with Gasteiger partial charge in [0, 0.05) is 11.3 Å². The molecule has 0 radical (unpaired) electrons. The molecule has 0 bridgehead atoms. The van der Waals surface area contributed by atoms with E-state index < -0.39 is 24.3 Å². The first-order valence-corrected chi connectivity index (χ1v) is 9.16. The highest BCUT2D eigenvalue weighted by Crippen LogP contribution is 2.40. The number of carbonyl (C=O) groups excluding carboxylic acids is 3. The van der Waals surface area contributed by atoms with Gasteiger partial charge in [0.15, 0.2) is 18.1 Å². The highest BCUT2D eigenvalue weighted by atomic mass is 16.5. The van der Waals surface area contributed by atoms with Crippen LogP contribution in [0.2, 0.25) is 0 Å². The fourth-order valence-corrected chi connectivity index (χ4v) is 3.12. The van der Waals surface area contributed by atoms with Crippen LogP contribution in [-0.2, 0) is 9.47 Å². The van der Waals surface area contributed by atoms with Crippen molar-refractivity contribution in [2.24, 2.45) is 0 Å². The lowest BCUT2D eigenvalue weighted by Crippen LogP contribution is -2.16. The van der Waals surface area contributed by atoms with Crippen molar-refractivity contribution in [1.82, 2.24) is 4.98 Å². The number of methoxy groups -OCH3 is 3. The van der Waals surface area contributed by atoms with Crippen LogP contribution < -0.4 is 14.2 Å². The molecule has 0 unspecified atom stereocenters. The average molecular weight is 419 g/mol. The van der Waals surface area contributed by atoms with Crippen LogP contribution in [0.3, 0.4) is 0 Å². The molecule has 0 spiro atoms. The maximum atomic E-state index is 12.7. The monoisotopic (exact) mass is 419 g/mol. The molecule has 0 saturated carbocycles. The summed E-state index contributed by atoms with van der Waals surface area (Å²) in [6, 6.07) is 2.99. The van der Waals surface area contributed by atoms with Crippen molar-refractivity contribution in [3.05, 3.63) is 40.2 Å². The second-order valence-corrected chi connectivity index (χ2v) is 6.23. The summed E-state index contributed by atoms with van der Waals surface area (Å²) in [4.78, 5) is 40.1. The molecular weight excluding hydrogens is 394 g/mol. The van der Waals surface area contributed by atoms with Crippen LogP contribution in [-0.4, -0.2) is 57.2 Å². The normalized spacial score (nSPS) is 10.3. The third kappa shape index (κ3) is 4.40. The predicted molar refractivity (Wildman–Crippen MR) is 107 cm³/mol. The highest BCUT2D eigenvalue weighted by Gasteiger charge is 2.25. The summed E-state index contributed by atoms with van der Waals surface area (Å²) in [6.07, 6.45) is 0. The number of esters is 2. The highest BCUT2D eigenvalue weighted by molar-refractivity contribution is 6.04. The van der Waals surface area contributed by atoms with E-state index in [4.69, 9.17) is 23.7 Å². The molecule has 0 aliphatic rings. The molecule has 0 saturated heterocycles. The smallest absolute Gasteiger partial charge is 0.355 e. The van der Waals surface area contributed by atoms with E-state index in [9.17, 15) is 14.4 Å². The molecule has 1 aromatic heterocycles. The summed E-state index contributed by atoms with van der Waals surface area (Å²) in [6.45, 7) is 4.67. The standard InChI is InChI=1S/C21H25NO8/c1-7-29-21(25)17-11(2)16(12(3)22-17)14(23)10-30-20(24)13-8-9-15(26-4)19(28-6)18(13)27-5/h8-9,22H,7,10H2,1-6H3. The Bertz CT molecular complexity index is 960. The van der Waals surface area contributed by atoms with Gasteiger partial charge in [0.2, 0.25) is 11.5 Å². The van der Waals surface area contributed by atoms with Gasteiger partial charge in [-0.1, -0.05) is 0 Å². The first-order valence-electron chi connectivity index (χ1n) is 9.16. The van der Waals surface area contributed by atoms with Crippen molar-refractivity contribution >= 4 is 17.7 Å². The number of rotatable bonds is 9. The largest absolute Gasteiger partial charge is 0.493 e. The number of aromatic amines is 1. The Kier molecular flexibility index (Phi) is 7.46. The Morgan fingerprint density at radius 1 is 0.900 bits per heavy atom. The van der Waals surface area contributed by atoms with E-state index in [1.54, 1.807) is 20.8 Å². The second-order valence-electron chi connectivity index (χ2n) is 6.23. The number of aromatic nitrogens is 1. The molecule has 0 atom stereocenters. The maximum Gasteiger partial charge on any atom is 0.355 e. The van der Waals surface area contributed by atoms with Crippen molar-refractivity contribution in [2.45, 2.75) is 20.8 Å². The molecule has 0 amide bonds. The van der Waals surface area contributed by atoms with Crippen molar-refractivity contribution in [2.75, 3.05) is 34.5 Å². The van der Waals surface area contributed by atoms with E-state index in [-0.39, 0.29) is 34.9 Å². The summed E-state index contributed by atoms with van der Waals surface area (Å²) in [5.74, 6) is -1.02. The molecule has 1 aromatic carbocycles. The van der Waals surface area contributed by atoms with Gasteiger partial charge >= 0.3 is 11.9 Å². The fourth-order valence-electron chi connectivity index (χ4n) is 3.12. The van der Waals surface area contributed by atoms with Gasteiger partial charge in [0.25, 0.3) is 0 Å². The van der Waals surface area contributed by atoms with Gasteiger partial charge in [0.1, 0.15) is 11.3 Å². The fraction of sp³-hybridized carbons (Fsp3) is 0.381. The lowest BCUT2D eigenvalue weighted by molar-refractivity contribution is 0.0469. The molecule has 0 aliphatic carbocycles. The summed E-state index contributed by atoms with van der Waals surface area (Å²) < 4.78 is 25.9. The minimum absolute atomic E-state index is 0.0812. The van der Waals surface area contributed by atoms with Crippen LogP contribution in [0.15, 0.2) is 12.1 Å². The molecule has 0 fully saturated rings. The zero-order valence-electron chi connectivity index (χ0n) is 17.8. The number of nitrogens with one attached hydrogen (secondary N) is 1. The topological polar surface area (TPSA) is 113 Å². The number of hydrogen-bond acceptors (Lipinski definition) is 8. The van der Waals surface area contributed by atoms with Gasteiger partial charge < -0.3 is 28.7 Å². The summed E-state index contributed by atoms with van der Waals surface area (Å²) in [7, 11) is 4.25. The summed E-state index contributed by atoms with van der Waals surface area (Å²) in [5.41, 5.74) is 1.49. The van der Waals surface area contributed by atoms with Gasteiger partial charge in [0.05, 0.1) is 27.9 Å². The molecule has 0 aliphatic heterocycles. The maximum absolute atomic E-state index is 12.7. The van der Waals surface area contributed by atoms with Crippen LogP contribution in [0, 0.1) is 13.8 Å². The number of ketones is 1. The first-order chi connectivity index (χ1) is 14.3. The van der Waals surface area contributed by atoms with Crippen molar-refractivity contribution < 1.29 is 38.1 Å². The van der Waals surface area contributed by atoms with Gasteiger partial charge in [-0.2, -0.15) is 0 Å². The van der Waals surface area contributed by atoms with Crippen LogP contribution in [0.5, 0.6) is 17.2 Å². The summed E-state index contributed by atoms with van der Waals surface area (Å²) >= 11 is 0. The van der Waals surface area contributed by atoms with Crippen molar-refractivity contribution in [3.8, 4) is 17.2 Å². The average Bonchev–Trinajstić information content (AvgIpc) is 3.04. The second kappa shape index (κ2) is 9.82. The third-order valence-electron chi connectivity index (χ3n) is 4.45. The Morgan fingerprint density at radius 2 is 1.57 bits per heavy atom. The quantitative estimate of drug-likeness (QED) is 0.488. The van der Waals surface area contributed by atoms with E-state index in [0.717, 1.165) is 0 Å². The molecule has 1 heterocycles. The molecular formula is C21H25NO8. The Balaban J connectivity index is 2.22. The van der Waals surface area contributed by atoms with E-state index in [1.165, 1.54) is 33.5 Å². The first kappa shape index (κ1) is 22.8. The van der Waals surface area contributed by atoms with Crippen LogP contribution in [0.1, 0.15) is 49.4 Å². The van der Waals surface area contributed by atoms with E-state index >= 15 is 0 Å². The van der Waals surface area contributed by atoms with Gasteiger partial charge in [-0.25, -0.2) is 9.59 Å². The minimum Gasteiger partial charge on any atom is -0.493 e. The lowest BCUT2D eigenvalue weighted by Gasteiger charge is -2.15. The van der Waals surface area contributed by atoms with Crippen LogP contribution in [0.25, 0.3) is 0 Å². The molecule has 9 heteroatoms. The number of H-pyrrole nitrogens is 1. The molecule has 1 N–H and O–H groups in total. The molecule has 2 rings (SSSR count). The lowest BCUT2D eigenvalue weighted by atomic mass is 10.1. The Labute approximate surface area is 174 Å². The SMILES string of the molecule is CCOC(=O)c1[nH]c(C)c(C(=O)COC(=O)c2ccc(OC)c(OC)c2OC)c1C. The number of aryl methyl sites for hydroxylation is 1. The van der Waals surface area contributed by atoms with Crippen LogP contribution in [0.4, 0.5) is 0 Å². The molecule has 162 valence electrons. The summed E-state index contributed by atoms with van der Waals surface area (Å²) in [5, 5.41) is 0. The van der Waals surface area contributed by atoms with E-state index in [2.05, 4.69) is 4.98 Å². The molecule has 30 heavy (non-hydrogen) atoms. The zero-order chi connectivity index (χ0) is 22.4. The van der Waals surface area contributed by atoms with E-state index in [0.29, 0.717) is 17.0 Å². The number of benzene rings is 1. The van der Waals surface area contributed by atoms with Crippen molar-refractivity contribution in [1.29, 1.82) is 0 Å². The van der Waals surface area contributed by atoms with E-state index in [1.807, 2.05) is 0 Å². The number of ether oxygens (including phenoxy) is 5. The predicted octanol–water partition coefficient (Wildman–Crippen LogP) is 2.87. The minimum atomic E-state index is -0.766. The molecule has 9 nitrogen and oxygen atoms in total. The van der Waals surface area contributed by atoms with Gasteiger partial charge in [-0.3, -0.25) is 4.79 Å². The zero-order valence-corrected chi connectivity index (χ0v) is 17.8. The Hall–Kier alpha value is -3.49. The Morgan fingerprint density at radius 3 is 2.13 bits per heavy atom. The third-order valence-corrected chi connectivity index (χ3v) is 4.45. The molecule has 2 aromatic rings. The van der Waals surface area contributed by atoms with Crippen molar-refractivity contribution in [3.63, 3.8) is 0 Å². The van der Waals surface area contributed by atoms with Gasteiger partial charge in [-0.05, 0) is 38.5 Å². The number of carbonyl (C=O) groups is 3. The number of hydrogen-bond donors (Lipinski definition) is 1.